The van der Waals surface area contributed by atoms with Crippen LogP contribution in [0.15, 0.2) is 30.0 Å². The van der Waals surface area contributed by atoms with E-state index in [0.717, 1.165) is 37.2 Å². The van der Waals surface area contributed by atoms with Crippen LogP contribution in [0.25, 0.3) is 5.57 Å². The highest BCUT2D eigenvalue weighted by molar-refractivity contribution is 6.35. The van der Waals surface area contributed by atoms with E-state index in [4.69, 9.17) is 4.74 Å². The number of carbonyl (C=O) groups is 2. The van der Waals surface area contributed by atoms with Crippen LogP contribution in [-0.4, -0.2) is 48.4 Å². The summed E-state index contributed by atoms with van der Waals surface area (Å²) >= 11 is 0. The molecule has 0 bridgehead atoms. The van der Waals surface area contributed by atoms with Crippen molar-refractivity contribution in [2.75, 3.05) is 26.7 Å². The van der Waals surface area contributed by atoms with Gasteiger partial charge in [0.25, 0.3) is 11.8 Å². The first-order chi connectivity index (χ1) is 11.5. The Morgan fingerprint density at radius 1 is 1.04 bits per heavy atom. The molecule has 0 radical (unpaired) electrons. The van der Waals surface area contributed by atoms with E-state index < -0.39 is 0 Å². The first-order valence-corrected chi connectivity index (χ1v) is 8.52. The third-order valence-corrected chi connectivity index (χ3v) is 4.49. The summed E-state index contributed by atoms with van der Waals surface area (Å²) < 4.78 is 5.19. The average molecular weight is 328 g/mol. The molecule has 128 valence electrons. The largest absolute Gasteiger partial charge is 0.497 e. The monoisotopic (exact) mass is 328 g/mol. The van der Waals surface area contributed by atoms with Crippen molar-refractivity contribution >= 4 is 17.4 Å². The van der Waals surface area contributed by atoms with Crippen LogP contribution in [0.1, 0.15) is 32.3 Å². The molecule has 0 aromatic heterocycles. The Morgan fingerprint density at radius 2 is 1.67 bits per heavy atom. The summed E-state index contributed by atoms with van der Waals surface area (Å²) in [5, 5.41) is 0. The maximum Gasteiger partial charge on any atom is 0.277 e. The SMILES string of the molecule is COc1ccc(C2=C(N3CCCC3)C(=O)N(CC(C)C)C2=O)cc1. The van der Waals surface area contributed by atoms with E-state index in [1.54, 1.807) is 7.11 Å². The molecule has 0 saturated carbocycles. The van der Waals surface area contributed by atoms with Crippen LogP contribution >= 0.6 is 0 Å². The standard InChI is InChI=1S/C19H24N2O3/c1-13(2)12-21-18(22)16(14-6-8-15(24-3)9-7-14)17(19(21)23)20-10-4-5-11-20/h6-9,13H,4-5,10-12H2,1-3H3. The number of hydrogen-bond acceptors (Lipinski definition) is 4. The normalized spacial score (nSPS) is 18.3. The van der Waals surface area contributed by atoms with Crippen molar-refractivity contribution in [2.24, 2.45) is 5.92 Å². The van der Waals surface area contributed by atoms with E-state index in [1.165, 1.54) is 4.90 Å². The highest BCUT2D eigenvalue weighted by Gasteiger charge is 2.42. The van der Waals surface area contributed by atoms with E-state index in [2.05, 4.69) is 4.90 Å². The number of hydrogen-bond donors (Lipinski definition) is 0. The first kappa shape index (κ1) is 16.6. The Morgan fingerprint density at radius 3 is 2.21 bits per heavy atom. The van der Waals surface area contributed by atoms with Gasteiger partial charge in [0.15, 0.2) is 0 Å². The molecule has 0 atom stereocenters. The minimum Gasteiger partial charge on any atom is -0.497 e. The highest BCUT2D eigenvalue weighted by Crippen LogP contribution is 2.34. The highest BCUT2D eigenvalue weighted by atomic mass is 16.5. The van der Waals surface area contributed by atoms with Crippen molar-refractivity contribution in [3.8, 4) is 5.75 Å². The fourth-order valence-corrected chi connectivity index (χ4v) is 3.35. The van der Waals surface area contributed by atoms with E-state index >= 15 is 0 Å². The van der Waals surface area contributed by atoms with Crippen molar-refractivity contribution in [2.45, 2.75) is 26.7 Å². The number of ether oxygens (including phenoxy) is 1. The summed E-state index contributed by atoms with van der Waals surface area (Å²) in [6.07, 6.45) is 2.12. The van der Waals surface area contributed by atoms with Crippen LogP contribution in [0.5, 0.6) is 5.75 Å². The number of benzene rings is 1. The maximum absolute atomic E-state index is 13.0. The fraction of sp³-hybridized carbons (Fsp3) is 0.474. The molecule has 2 heterocycles. The average Bonchev–Trinajstić information content (AvgIpc) is 3.17. The van der Waals surface area contributed by atoms with Gasteiger partial charge in [-0.25, -0.2) is 0 Å². The van der Waals surface area contributed by atoms with Gasteiger partial charge in [-0.3, -0.25) is 14.5 Å². The van der Waals surface area contributed by atoms with Gasteiger partial charge in [-0.1, -0.05) is 26.0 Å². The van der Waals surface area contributed by atoms with E-state index in [1.807, 2.05) is 38.1 Å². The van der Waals surface area contributed by atoms with Crippen LogP contribution in [-0.2, 0) is 9.59 Å². The second kappa shape index (κ2) is 6.67. The molecule has 0 spiro atoms. The molecule has 1 aromatic rings. The second-order valence-corrected chi connectivity index (χ2v) is 6.76. The molecule has 0 unspecified atom stereocenters. The number of carbonyl (C=O) groups excluding carboxylic acids is 2. The van der Waals surface area contributed by atoms with Crippen molar-refractivity contribution in [3.63, 3.8) is 0 Å². The Balaban J connectivity index is 2.04. The molecule has 1 fully saturated rings. The topological polar surface area (TPSA) is 49.9 Å². The smallest absolute Gasteiger partial charge is 0.277 e. The molecule has 3 rings (SSSR count). The minimum absolute atomic E-state index is 0.151. The fourth-order valence-electron chi connectivity index (χ4n) is 3.35. The lowest BCUT2D eigenvalue weighted by Gasteiger charge is -2.21. The minimum atomic E-state index is -0.180. The quantitative estimate of drug-likeness (QED) is 0.780. The van der Waals surface area contributed by atoms with Crippen molar-refractivity contribution in [1.29, 1.82) is 0 Å². The summed E-state index contributed by atoms with van der Waals surface area (Å²) in [6.45, 7) is 6.16. The van der Waals surface area contributed by atoms with Gasteiger partial charge in [0, 0.05) is 19.6 Å². The Bertz CT molecular complexity index is 670. The molecular formula is C19H24N2O3. The summed E-state index contributed by atoms with van der Waals surface area (Å²) in [6, 6.07) is 7.36. The van der Waals surface area contributed by atoms with Crippen LogP contribution in [0.2, 0.25) is 0 Å². The van der Waals surface area contributed by atoms with Crippen LogP contribution < -0.4 is 4.74 Å². The molecule has 1 saturated heterocycles. The molecule has 5 heteroatoms. The number of rotatable bonds is 5. The summed E-state index contributed by atoms with van der Waals surface area (Å²) in [4.78, 5) is 29.4. The van der Waals surface area contributed by atoms with Crippen molar-refractivity contribution in [3.05, 3.63) is 35.5 Å². The summed E-state index contributed by atoms with van der Waals surface area (Å²) in [7, 11) is 1.61. The zero-order chi connectivity index (χ0) is 17.3. The molecular weight excluding hydrogens is 304 g/mol. The lowest BCUT2D eigenvalue weighted by molar-refractivity contribution is -0.138. The van der Waals surface area contributed by atoms with Gasteiger partial charge < -0.3 is 9.64 Å². The van der Waals surface area contributed by atoms with Crippen molar-refractivity contribution < 1.29 is 14.3 Å². The predicted octanol–water partition coefficient (Wildman–Crippen LogP) is 2.53. The van der Waals surface area contributed by atoms with Crippen LogP contribution in [0.4, 0.5) is 0 Å². The van der Waals surface area contributed by atoms with Gasteiger partial charge in [0.1, 0.15) is 11.4 Å². The summed E-state index contributed by atoms with van der Waals surface area (Å²) in [5.41, 5.74) is 1.89. The number of likely N-dealkylation sites (tertiary alicyclic amines) is 1. The van der Waals surface area contributed by atoms with Crippen LogP contribution in [0.3, 0.4) is 0 Å². The lowest BCUT2D eigenvalue weighted by atomic mass is 10.0. The number of imide groups is 1. The van der Waals surface area contributed by atoms with Gasteiger partial charge >= 0.3 is 0 Å². The molecule has 5 nitrogen and oxygen atoms in total. The van der Waals surface area contributed by atoms with E-state index in [0.29, 0.717) is 17.8 Å². The third-order valence-electron chi connectivity index (χ3n) is 4.49. The Hall–Kier alpha value is -2.30. The number of methoxy groups -OCH3 is 1. The molecule has 0 N–H and O–H groups in total. The van der Waals surface area contributed by atoms with Gasteiger partial charge in [-0.2, -0.15) is 0 Å². The molecule has 2 aliphatic heterocycles. The maximum atomic E-state index is 13.0. The van der Waals surface area contributed by atoms with Crippen molar-refractivity contribution in [1.82, 2.24) is 9.80 Å². The lowest BCUT2D eigenvalue weighted by Crippen LogP contribution is -2.37. The zero-order valence-corrected chi connectivity index (χ0v) is 14.5. The molecule has 2 aliphatic rings. The molecule has 2 amide bonds. The van der Waals surface area contributed by atoms with Gasteiger partial charge in [-0.05, 0) is 36.5 Å². The number of amides is 2. The molecule has 1 aromatic carbocycles. The van der Waals surface area contributed by atoms with E-state index in [9.17, 15) is 9.59 Å². The molecule has 0 aliphatic carbocycles. The third kappa shape index (κ3) is 2.90. The Kier molecular flexibility index (Phi) is 4.60. The Labute approximate surface area is 142 Å². The summed E-state index contributed by atoms with van der Waals surface area (Å²) in [5.74, 6) is 0.646. The van der Waals surface area contributed by atoms with E-state index in [-0.39, 0.29) is 17.7 Å². The number of nitrogens with zero attached hydrogens (tertiary/aromatic N) is 2. The van der Waals surface area contributed by atoms with Gasteiger partial charge in [-0.15, -0.1) is 0 Å². The van der Waals surface area contributed by atoms with Gasteiger partial charge in [0.2, 0.25) is 0 Å². The van der Waals surface area contributed by atoms with Gasteiger partial charge in [0.05, 0.1) is 12.7 Å². The zero-order valence-electron chi connectivity index (χ0n) is 14.5. The first-order valence-electron chi connectivity index (χ1n) is 8.52. The molecule has 24 heavy (non-hydrogen) atoms. The predicted molar refractivity (Wildman–Crippen MR) is 92.3 cm³/mol. The second-order valence-electron chi connectivity index (χ2n) is 6.76. The van der Waals surface area contributed by atoms with Crippen LogP contribution in [0, 0.1) is 5.92 Å².